The molecule has 12 nitrogen and oxygen atoms in total. The van der Waals surface area contributed by atoms with Crippen molar-refractivity contribution in [3.05, 3.63) is 40.4 Å². The highest BCUT2D eigenvalue weighted by atomic mass is 32.1. The van der Waals surface area contributed by atoms with Crippen molar-refractivity contribution in [1.29, 1.82) is 0 Å². The van der Waals surface area contributed by atoms with Crippen molar-refractivity contribution >= 4 is 52.5 Å². The molecule has 7 N–H and O–H groups in total. The van der Waals surface area contributed by atoms with Crippen LogP contribution < -0.4 is 21.7 Å². The number of aliphatic imine (C=N–C) groups is 1. The van der Waals surface area contributed by atoms with Crippen molar-refractivity contribution < 1.29 is 29.4 Å². The molecule has 33 heavy (non-hydrogen) atoms. The molecular formula is C20H26N6O6S. The van der Waals surface area contributed by atoms with Crippen LogP contribution in [0.4, 0.5) is 20.4 Å². The fourth-order valence-corrected chi connectivity index (χ4v) is 3.56. The van der Waals surface area contributed by atoms with E-state index in [1.54, 1.807) is 19.2 Å². The van der Waals surface area contributed by atoms with Gasteiger partial charge in [-0.25, -0.2) is 19.6 Å². The normalized spacial score (nSPS) is 10.1. The van der Waals surface area contributed by atoms with E-state index in [1.807, 2.05) is 12.1 Å². The van der Waals surface area contributed by atoms with Gasteiger partial charge in [0.1, 0.15) is 0 Å². The predicted molar refractivity (Wildman–Crippen MR) is 124 cm³/mol. The Morgan fingerprint density at radius 2 is 1.76 bits per heavy atom. The van der Waals surface area contributed by atoms with Crippen molar-refractivity contribution in [2.45, 2.75) is 32.6 Å². The second kappa shape index (κ2) is 14.1. The molecular weight excluding hydrogens is 452 g/mol. The maximum atomic E-state index is 11.6. The Labute approximate surface area is 193 Å². The molecule has 0 aliphatic heterocycles. The molecule has 0 atom stereocenters. The monoisotopic (exact) mass is 478 g/mol. The topological polar surface area (TPSA) is 196 Å². The number of nitrogens with zero attached hydrogens (tertiary/aromatic N) is 2. The number of benzene rings is 1. The van der Waals surface area contributed by atoms with Gasteiger partial charge in [0, 0.05) is 25.3 Å². The number of aryl methyl sites for hydroxylation is 3. The number of nitrogens with one attached hydrogen (secondary N) is 3. The molecule has 178 valence electrons. The van der Waals surface area contributed by atoms with E-state index in [4.69, 9.17) is 15.0 Å². The van der Waals surface area contributed by atoms with Crippen LogP contribution in [0.2, 0.25) is 0 Å². The van der Waals surface area contributed by atoms with Crippen molar-refractivity contribution in [3.63, 3.8) is 0 Å². The van der Waals surface area contributed by atoms with Crippen molar-refractivity contribution in [2.75, 3.05) is 12.4 Å². The van der Waals surface area contributed by atoms with E-state index in [2.05, 4.69) is 31.7 Å². The van der Waals surface area contributed by atoms with Crippen LogP contribution in [-0.2, 0) is 28.9 Å². The highest BCUT2D eigenvalue weighted by molar-refractivity contribution is 7.15. The van der Waals surface area contributed by atoms with E-state index in [9.17, 15) is 14.4 Å². The Kier molecular flexibility index (Phi) is 11.6. The second-order valence-electron chi connectivity index (χ2n) is 6.46. The summed E-state index contributed by atoms with van der Waals surface area (Å²) in [6.07, 6.45) is 0.948. The quantitative estimate of drug-likeness (QED) is 0.234. The minimum atomic E-state index is -1.33. The lowest BCUT2D eigenvalue weighted by Crippen LogP contribution is -2.18. The third-order valence-electron chi connectivity index (χ3n) is 3.91. The molecule has 2 aromatic rings. The zero-order chi connectivity index (χ0) is 24.8. The van der Waals surface area contributed by atoms with Crippen LogP contribution in [0.15, 0.2) is 29.3 Å². The number of amides is 4. The number of anilines is 1. The molecule has 1 aromatic carbocycles. The maximum absolute atomic E-state index is 11.6. The number of carboxylic acid groups (broad SMARTS) is 2. The van der Waals surface area contributed by atoms with Crippen molar-refractivity contribution in [3.8, 4) is 0 Å². The Balaban J connectivity index is 0.00000125. The van der Waals surface area contributed by atoms with Gasteiger partial charge >= 0.3 is 12.2 Å². The number of rotatable bonds is 9. The van der Waals surface area contributed by atoms with Gasteiger partial charge in [0.15, 0.2) is 5.13 Å². The molecule has 1 aromatic heterocycles. The SMILES string of the molecule is CNC(=O)CCc1sc(NC(C)=O)nc1CCc1ccc(N=CNC(=O)O)cc1.NC(=O)O. The smallest absolute Gasteiger partial charge is 0.409 e. The van der Waals surface area contributed by atoms with Crippen LogP contribution in [-0.4, -0.2) is 52.6 Å². The van der Waals surface area contributed by atoms with Crippen LogP contribution >= 0.6 is 11.3 Å². The first-order valence-corrected chi connectivity index (χ1v) is 10.5. The molecule has 0 saturated carbocycles. The lowest BCUT2D eigenvalue weighted by molar-refractivity contribution is -0.120. The van der Waals surface area contributed by atoms with Gasteiger partial charge < -0.3 is 26.6 Å². The zero-order valence-corrected chi connectivity index (χ0v) is 18.9. The molecule has 0 bridgehead atoms. The summed E-state index contributed by atoms with van der Waals surface area (Å²) in [6.45, 7) is 1.43. The van der Waals surface area contributed by atoms with Crippen molar-refractivity contribution in [1.82, 2.24) is 15.6 Å². The molecule has 0 spiro atoms. The number of nitrogens with two attached hydrogens (primary N) is 1. The summed E-state index contributed by atoms with van der Waals surface area (Å²) < 4.78 is 0. The third-order valence-corrected chi connectivity index (χ3v) is 4.98. The summed E-state index contributed by atoms with van der Waals surface area (Å²) in [5.41, 5.74) is 6.60. The number of thiazole rings is 1. The van der Waals surface area contributed by atoms with Crippen LogP contribution in [0.3, 0.4) is 0 Å². The second-order valence-corrected chi connectivity index (χ2v) is 7.54. The first-order chi connectivity index (χ1) is 15.6. The predicted octanol–water partition coefficient (Wildman–Crippen LogP) is 2.12. The Morgan fingerprint density at radius 1 is 1.12 bits per heavy atom. The molecule has 0 saturated heterocycles. The molecule has 4 amide bonds. The molecule has 0 radical (unpaired) electrons. The van der Waals surface area contributed by atoms with Gasteiger partial charge in [0.2, 0.25) is 11.8 Å². The van der Waals surface area contributed by atoms with Crippen LogP contribution in [0.5, 0.6) is 0 Å². The molecule has 0 unspecified atom stereocenters. The van der Waals surface area contributed by atoms with Crippen LogP contribution in [0, 0.1) is 0 Å². The number of hydrogen-bond donors (Lipinski definition) is 6. The van der Waals surface area contributed by atoms with Gasteiger partial charge in [-0.15, -0.1) is 11.3 Å². The van der Waals surface area contributed by atoms with E-state index >= 15 is 0 Å². The van der Waals surface area contributed by atoms with E-state index in [0.717, 1.165) is 28.9 Å². The molecule has 2 rings (SSSR count). The summed E-state index contributed by atoms with van der Waals surface area (Å²) in [7, 11) is 1.60. The van der Waals surface area contributed by atoms with E-state index in [-0.39, 0.29) is 11.8 Å². The average molecular weight is 479 g/mol. The minimum absolute atomic E-state index is 0.0426. The number of aromatic nitrogens is 1. The Bertz CT molecular complexity index is 985. The van der Waals surface area contributed by atoms with Gasteiger partial charge in [-0.05, 0) is 37.0 Å². The fourth-order valence-electron chi connectivity index (χ4n) is 2.50. The Hall–Kier alpha value is -4.00. The largest absolute Gasteiger partial charge is 0.465 e. The summed E-state index contributed by atoms with van der Waals surface area (Å²) in [5.74, 6) is -0.226. The molecule has 1 heterocycles. The van der Waals surface area contributed by atoms with E-state index in [0.29, 0.717) is 30.1 Å². The van der Waals surface area contributed by atoms with Gasteiger partial charge in [0.25, 0.3) is 0 Å². The van der Waals surface area contributed by atoms with Gasteiger partial charge in [-0.1, -0.05) is 12.1 Å². The molecule has 13 heteroatoms. The third kappa shape index (κ3) is 11.8. The minimum Gasteiger partial charge on any atom is -0.465 e. The zero-order valence-electron chi connectivity index (χ0n) is 18.1. The van der Waals surface area contributed by atoms with Gasteiger partial charge in [0.05, 0.1) is 17.7 Å². The van der Waals surface area contributed by atoms with E-state index < -0.39 is 12.2 Å². The number of primary amides is 1. The van der Waals surface area contributed by atoms with E-state index in [1.165, 1.54) is 18.3 Å². The summed E-state index contributed by atoms with van der Waals surface area (Å²) >= 11 is 1.39. The number of hydrogen-bond acceptors (Lipinski definition) is 7. The first kappa shape index (κ1) is 27.0. The number of carbonyl (C=O) groups excluding carboxylic acids is 2. The molecule has 0 aliphatic rings. The van der Waals surface area contributed by atoms with Crippen LogP contribution in [0.1, 0.15) is 29.5 Å². The first-order valence-electron chi connectivity index (χ1n) is 9.66. The highest BCUT2D eigenvalue weighted by Gasteiger charge is 2.13. The summed E-state index contributed by atoms with van der Waals surface area (Å²) in [5, 5.41) is 23.6. The lowest BCUT2D eigenvalue weighted by Gasteiger charge is -2.04. The number of carbonyl (C=O) groups is 4. The fraction of sp³-hybridized carbons (Fsp3) is 0.300. The Morgan fingerprint density at radius 3 is 2.30 bits per heavy atom. The van der Waals surface area contributed by atoms with Crippen LogP contribution in [0.25, 0.3) is 0 Å². The molecule has 0 aliphatic carbocycles. The summed E-state index contributed by atoms with van der Waals surface area (Å²) in [6, 6.07) is 7.43. The standard InChI is InChI=1S/C19H23N5O4S.CH3NO2/c1-12(25)23-18-24-15(16(29-18)9-10-17(26)20-2)8-5-13-3-6-14(7-4-13)21-11-22-19(27)28;2-1(3)4/h3-4,6-7,11H,5,8-10H2,1-2H3,(H,20,26)(H,21,22)(H,27,28)(H,23,24,25);2H2,(H,3,4). The maximum Gasteiger partial charge on any atom is 0.409 e. The lowest BCUT2D eigenvalue weighted by atomic mass is 10.1. The average Bonchev–Trinajstić information content (AvgIpc) is 3.11. The highest BCUT2D eigenvalue weighted by Crippen LogP contribution is 2.26. The van der Waals surface area contributed by atoms with Gasteiger partial charge in [-0.3, -0.25) is 14.9 Å². The summed E-state index contributed by atoms with van der Waals surface area (Å²) in [4.78, 5) is 51.5. The van der Waals surface area contributed by atoms with Crippen molar-refractivity contribution in [2.24, 2.45) is 10.7 Å². The molecule has 0 fully saturated rings. The van der Waals surface area contributed by atoms with Gasteiger partial charge in [-0.2, -0.15) is 0 Å².